The van der Waals surface area contributed by atoms with Crippen LogP contribution in [0.2, 0.25) is 0 Å². The van der Waals surface area contributed by atoms with E-state index in [0.29, 0.717) is 5.92 Å². The molecule has 2 aliphatic heterocycles. The van der Waals surface area contributed by atoms with Gasteiger partial charge in [-0.2, -0.15) is 5.10 Å². The Hall–Kier alpha value is -1.60. The highest BCUT2D eigenvalue weighted by molar-refractivity contribution is 5.73. The van der Waals surface area contributed by atoms with Crippen LogP contribution < -0.4 is 10.2 Å². The second-order valence-corrected chi connectivity index (χ2v) is 8.29. The number of nitrogens with zero attached hydrogens (tertiary/aromatic N) is 3. The summed E-state index contributed by atoms with van der Waals surface area (Å²) in [5.74, 6) is 1.72. The molecule has 7 nitrogen and oxygen atoms in total. The lowest BCUT2D eigenvalue weighted by atomic mass is 9.90. The van der Waals surface area contributed by atoms with E-state index in [4.69, 9.17) is 14.6 Å². The van der Waals surface area contributed by atoms with Gasteiger partial charge in [0.2, 0.25) is 5.91 Å². The molecule has 0 aromatic carbocycles. The van der Waals surface area contributed by atoms with Crippen molar-refractivity contribution in [2.75, 3.05) is 31.2 Å². The SMILES string of the molecule is CC(=O)N[C@@H]1C[C@H](CC(C)C)O[C@H](c2c(C)nn(C)c2N2CCOCC2)C1. The minimum Gasteiger partial charge on any atom is -0.378 e. The van der Waals surface area contributed by atoms with Crippen molar-refractivity contribution in [2.45, 2.75) is 65.2 Å². The molecular weight excluding hydrogens is 344 g/mol. The Kier molecular flexibility index (Phi) is 6.42. The minimum absolute atomic E-state index is 0.0280. The van der Waals surface area contributed by atoms with Crippen LogP contribution in [0.15, 0.2) is 0 Å². The fraction of sp³-hybridized carbons (Fsp3) is 0.800. The lowest BCUT2D eigenvalue weighted by Crippen LogP contribution is -2.43. The summed E-state index contributed by atoms with van der Waals surface area (Å²) < 4.78 is 14.1. The number of hydrogen-bond acceptors (Lipinski definition) is 5. The third-order valence-electron chi connectivity index (χ3n) is 5.41. The quantitative estimate of drug-likeness (QED) is 0.852. The molecule has 0 aliphatic carbocycles. The smallest absolute Gasteiger partial charge is 0.217 e. The van der Waals surface area contributed by atoms with Crippen LogP contribution in [0.5, 0.6) is 0 Å². The molecule has 2 saturated heterocycles. The first-order valence-corrected chi connectivity index (χ1v) is 10.1. The summed E-state index contributed by atoms with van der Waals surface area (Å²) in [4.78, 5) is 14.0. The monoisotopic (exact) mass is 378 g/mol. The van der Waals surface area contributed by atoms with Gasteiger partial charge in [0.05, 0.1) is 31.1 Å². The van der Waals surface area contributed by atoms with Crippen LogP contribution in [0.1, 0.15) is 57.4 Å². The molecule has 1 N–H and O–H groups in total. The van der Waals surface area contributed by atoms with Crippen LogP contribution in [0.3, 0.4) is 0 Å². The second kappa shape index (κ2) is 8.61. The normalized spacial score (nSPS) is 26.4. The van der Waals surface area contributed by atoms with E-state index in [-0.39, 0.29) is 24.2 Å². The zero-order valence-corrected chi connectivity index (χ0v) is 17.3. The Balaban J connectivity index is 1.89. The first-order chi connectivity index (χ1) is 12.8. The molecule has 2 fully saturated rings. The highest BCUT2D eigenvalue weighted by atomic mass is 16.5. The van der Waals surface area contributed by atoms with Crippen molar-refractivity contribution in [1.29, 1.82) is 0 Å². The fourth-order valence-corrected chi connectivity index (χ4v) is 4.47. The number of amides is 1. The highest BCUT2D eigenvalue weighted by Gasteiger charge is 2.36. The van der Waals surface area contributed by atoms with Gasteiger partial charge < -0.3 is 19.7 Å². The largest absolute Gasteiger partial charge is 0.378 e. The Morgan fingerprint density at radius 3 is 2.63 bits per heavy atom. The summed E-state index contributed by atoms with van der Waals surface area (Å²) in [6.07, 6.45) is 2.76. The molecule has 1 aromatic heterocycles. The van der Waals surface area contributed by atoms with Crippen molar-refractivity contribution in [3.63, 3.8) is 0 Å². The summed E-state index contributed by atoms with van der Waals surface area (Å²) in [7, 11) is 2.00. The van der Waals surface area contributed by atoms with Gasteiger partial charge >= 0.3 is 0 Å². The maximum atomic E-state index is 11.7. The fourth-order valence-electron chi connectivity index (χ4n) is 4.47. The highest BCUT2D eigenvalue weighted by Crippen LogP contribution is 2.40. The van der Waals surface area contributed by atoms with Crippen molar-refractivity contribution in [3.05, 3.63) is 11.3 Å². The van der Waals surface area contributed by atoms with Crippen molar-refractivity contribution in [3.8, 4) is 0 Å². The van der Waals surface area contributed by atoms with Gasteiger partial charge in [0, 0.05) is 38.7 Å². The molecule has 3 atom stereocenters. The van der Waals surface area contributed by atoms with Gasteiger partial charge in [-0.25, -0.2) is 0 Å². The van der Waals surface area contributed by atoms with Gasteiger partial charge in [0.1, 0.15) is 5.82 Å². The van der Waals surface area contributed by atoms with Gasteiger partial charge in [-0.15, -0.1) is 0 Å². The molecule has 0 unspecified atom stereocenters. The number of nitrogens with one attached hydrogen (secondary N) is 1. The van der Waals surface area contributed by atoms with E-state index in [1.54, 1.807) is 6.92 Å². The van der Waals surface area contributed by atoms with Gasteiger partial charge in [-0.1, -0.05) is 13.8 Å². The van der Waals surface area contributed by atoms with Gasteiger partial charge in [0.15, 0.2) is 0 Å². The molecule has 0 bridgehead atoms. The third kappa shape index (κ3) is 4.82. The summed E-state index contributed by atoms with van der Waals surface area (Å²) in [6.45, 7) is 11.3. The number of rotatable bonds is 5. The molecule has 1 aromatic rings. The lowest BCUT2D eigenvalue weighted by Gasteiger charge is -2.38. The first kappa shape index (κ1) is 20.1. The van der Waals surface area contributed by atoms with Crippen molar-refractivity contribution in [1.82, 2.24) is 15.1 Å². The van der Waals surface area contributed by atoms with E-state index < -0.39 is 0 Å². The Morgan fingerprint density at radius 1 is 1.30 bits per heavy atom. The number of aromatic nitrogens is 2. The molecule has 2 aliphatic rings. The second-order valence-electron chi connectivity index (χ2n) is 8.29. The van der Waals surface area contributed by atoms with Gasteiger partial charge in [-0.05, 0) is 32.1 Å². The van der Waals surface area contributed by atoms with Crippen LogP contribution in [-0.4, -0.2) is 54.1 Å². The van der Waals surface area contributed by atoms with Crippen LogP contribution in [0.4, 0.5) is 5.82 Å². The number of aryl methyl sites for hydroxylation is 2. The molecule has 1 amide bonds. The van der Waals surface area contributed by atoms with Crippen molar-refractivity contribution < 1.29 is 14.3 Å². The van der Waals surface area contributed by atoms with E-state index in [1.165, 1.54) is 5.56 Å². The van der Waals surface area contributed by atoms with Crippen LogP contribution in [0.25, 0.3) is 0 Å². The maximum absolute atomic E-state index is 11.7. The molecular formula is C20H34N4O3. The molecule has 7 heteroatoms. The van der Waals surface area contributed by atoms with Crippen LogP contribution in [0, 0.1) is 12.8 Å². The number of carbonyl (C=O) groups excluding carboxylic acids is 1. The van der Waals surface area contributed by atoms with E-state index in [1.807, 2.05) is 11.7 Å². The third-order valence-corrected chi connectivity index (χ3v) is 5.41. The van der Waals surface area contributed by atoms with E-state index in [9.17, 15) is 4.79 Å². The predicted octanol–water partition coefficient (Wildman–Crippen LogP) is 2.34. The number of carbonyl (C=O) groups is 1. The Bertz CT molecular complexity index is 652. The average molecular weight is 379 g/mol. The summed E-state index contributed by atoms with van der Waals surface area (Å²) >= 11 is 0. The molecule has 3 rings (SSSR count). The standard InChI is InChI=1S/C20H34N4O3/c1-13(2)10-17-11-16(21-15(4)25)12-18(27-17)19-14(3)22-23(5)20(19)24-6-8-26-9-7-24/h13,16-18H,6-12H2,1-5H3,(H,21,25)/t16-,17+,18+/m1/s1. The van der Waals surface area contributed by atoms with E-state index >= 15 is 0 Å². The number of morpholine rings is 1. The molecule has 0 spiro atoms. The molecule has 152 valence electrons. The first-order valence-electron chi connectivity index (χ1n) is 10.1. The number of ether oxygens (including phenoxy) is 2. The Labute approximate surface area is 162 Å². The zero-order chi connectivity index (χ0) is 19.6. The van der Waals surface area contributed by atoms with E-state index in [2.05, 4.69) is 31.0 Å². The minimum atomic E-state index is -0.0501. The molecule has 27 heavy (non-hydrogen) atoms. The summed E-state index contributed by atoms with van der Waals surface area (Å²) in [6, 6.07) is 0.141. The molecule has 0 radical (unpaired) electrons. The molecule has 3 heterocycles. The summed E-state index contributed by atoms with van der Waals surface area (Å²) in [5.41, 5.74) is 2.18. The van der Waals surface area contributed by atoms with Gasteiger partial charge in [-0.3, -0.25) is 9.48 Å². The van der Waals surface area contributed by atoms with Crippen molar-refractivity contribution in [2.24, 2.45) is 13.0 Å². The predicted molar refractivity (Wildman–Crippen MR) is 105 cm³/mol. The topological polar surface area (TPSA) is 68.6 Å². The number of anilines is 1. The average Bonchev–Trinajstić information content (AvgIpc) is 2.88. The zero-order valence-electron chi connectivity index (χ0n) is 17.3. The van der Waals surface area contributed by atoms with Gasteiger partial charge in [0.25, 0.3) is 0 Å². The Morgan fingerprint density at radius 2 is 2.00 bits per heavy atom. The van der Waals surface area contributed by atoms with E-state index in [0.717, 1.165) is 57.1 Å². The molecule has 0 saturated carbocycles. The lowest BCUT2D eigenvalue weighted by molar-refractivity contribution is -0.122. The van der Waals surface area contributed by atoms with Crippen molar-refractivity contribution >= 4 is 11.7 Å². The van der Waals surface area contributed by atoms with Crippen LogP contribution >= 0.6 is 0 Å². The number of hydrogen-bond donors (Lipinski definition) is 1. The van der Waals surface area contributed by atoms with Crippen LogP contribution in [-0.2, 0) is 21.3 Å². The summed E-state index contributed by atoms with van der Waals surface area (Å²) in [5, 5.41) is 7.83. The maximum Gasteiger partial charge on any atom is 0.217 e.